The molecule has 1 N–H and O–H groups in total. The number of rotatable bonds is 2. The van der Waals surface area contributed by atoms with Crippen LogP contribution in [0, 0.1) is 0 Å². The number of fused-ring (bicyclic) bond motifs is 3. The Labute approximate surface area is 160 Å². The van der Waals surface area contributed by atoms with E-state index < -0.39 is 0 Å². The van der Waals surface area contributed by atoms with E-state index in [-0.39, 0.29) is 12.6 Å². The summed E-state index contributed by atoms with van der Waals surface area (Å²) in [4.78, 5) is 17.6. The van der Waals surface area contributed by atoms with Crippen molar-refractivity contribution in [2.75, 3.05) is 13.9 Å². The maximum Gasteiger partial charge on any atom is 0.231 e. The zero-order chi connectivity index (χ0) is 19.3. The van der Waals surface area contributed by atoms with Crippen LogP contribution in [0.5, 0.6) is 17.2 Å². The molecule has 0 unspecified atom stereocenters. The summed E-state index contributed by atoms with van der Waals surface area (Å²) in [5.74, 6) is 1.78. The Morgan fingerprint density at radius 3 is 2.79 bits per heavy atom. The van der Waals surface area contributed by atoms with Crippen LogP contribution >= 0.6 is 0 Å². The van der Waals surface area contributed by atoms with Gasteiger partial charge in [0.15, 0.2) is 17.3 Å². The van der Waals surface area contributed by atoms with E-state index in [1.54, 1.807) is 25.3 Å². The summed E-state index contributed by atoms with van der Waals surface area (Å²) in [6.45, 7) is 0.123. The molecule has 2 aliphatic rings. The minimum absolute atomic E-state index is 0.0229. The van der Waals surface area contributed by atoms with Crippen molar-refractivity contribution >= 4 is 22.4 Å². The van der Waals surface area contributed by atoms with Crippen LogP contribution in [0.25, 0.3) is 10.9 Å². The maximum atomic E-state index is 12.8. The lowest BCUT2D eigenvalue weighted by Gasteiger charge is -2.20. The molecule has 3 aromatic rings. The highest BCUT2D eigenvalue weighted by molar-refractivity contribution is 6.01. The Morgan fingerprint density at radius 1 is 1.14 bits per heavy atom. The number of carbonyl (C=O) groups is 1. The number of pyridine rings is 1. The summed E-state index contributed by atoms with van der Waals surface area (Å²) in [7, 11) is 1.59. The van der Waals surface area contributed by atoms with Gasteiger partial charge in [0.1, 0.15) is 5.75 Å². The first-order valence-electron chi connectivity index (χ1n) is 9.08. The van der Waals surface area contributed by atoms with E-state index in [0.717, 1.165) is 4.73 Å². The molecular weight excluding hydrogens is 360 g/mol. The van der Waals surface area contributed by atoms with Crippen LogP contribution in [0.3, 0.4) is 0 Å². The molecule has 28 heavy (non-hydrogen) atoms. The number of aromatic nitrogens is 1. The fourth-order valence-electron chi connectivity index (χ4n) is 3.81. The van der Waals surface area contributed by atoms with Gasteiger partial charge in [-0.2, -0.15) is 4.73 Å². The van der Waals surface area contributed by atoms with Crippen molar-refractivity contribution in [2.45, 2.75) is 19.3 Å². The average Bonchev–Trinajstić information content (AvgIpc) is 3.18. The minimum Gasteiger partial charge on any atom is -0.497 e. The molecule has 2 heterocycles. The molecule has 7 heteroatoms. The van der Waals surface area contributed by atoms with Gasteiger partial charge in [0.05, 0.1) is 34.9 Å². The third-order valence-corrected chi connectivity index (χ3v) is 5.15. The standard InChI is InChI=1S/C21H18N2O5/c1-26-13-5-2-4-12(8-13)22-21-14-9-18-19(28-11-27-18)10-16(14)23(25)15-6-3-7-17(24)20(15)21/h2,4-5,8-10,25H,3,6-7,11H2,1H3. The van der Waals surface area contributed by atoms with E-state index in [1.807, 2.05) is 18.2 Å². The number of Topliss-reactive ketones (excluding diaryl/α,β-unsaturated/α-hetero) is 1. The first-order chi connectivity index (χ1) is 13.7. The number of nitrogens with zero attached hydrogens (tertiary/aromatic N) is 2. The molecule has 0 bridgehead atoms. The molecule has 7 nitrogen and oxygen atoms in total. The lowest BCUT2D eigenvalue weighted by Crippen LogP contribution is -2.27. The third-order valence-electron chi connectivity index (χ3n) is 5.15. The van der Waals surface area contributed by atoms with Gasteiger partial charge in [-0.25, -0.2) is 4.99 Å². The van der Waals surface area contributed by atoms with Crippen molar-refractivity contribution < 1.29 is 24.2 Å². The van der Waals surface area contributed by atoms with Gasteiger partial charge in [0.25, 0.3) is 0 Å². The van der Waals surface area contributed by atoms with Crippen LogP contribution in [-0.2, 0) is 6.42 Å². The number of methoxy groups -OCH3 is 1. The van der Waals surface area contributed by atoms with E-state index in [9.17, 15) is 10.0 Å². The molecule has 1 aliphatic carbocycles. The van der Waals surface area contributed by atoms with Crippen LogP contribution in [0.1, 0.15) is 28.9 Å². The lowest BCUT2D eigenvalue weighted by atomic mass is 9.92. The van der Waals surface area contributed by atoms with Gasteiger partial charge < -0.3 is 19.4 Å². The van der Waals surface area contributed by atoms with Gasteiger partial charge in [-0.05, 0) is 31.0 Å². The van der Waals surface area contributed by atoms with Crippen molar-refractivity contribution in [3.63, 3.8) is 0 Å². The lowest BCUT2D eigenvalue weighted by molar-refractivity contribution is 0.0959. The smallest absolute Gasteiger partial charge is 0.231 e. The summed E-state index contributed by atoms with van der Waals surface area (Å²) in [5, 5.41) is 12.0. The van der Waals surface area contributed by atoms with Crippen LogP contribution in [0.4, 0.5) is 5.69 Å². The molecule has 0 fully saturated rings. The summed E-state index contributed by atoms with van der Waals surface area (Å²) in [6, 6.07) is 10.8. The predicted octanol–water partition coefficient (Wildman–Crippen LogP) is 3.37. The summed E-state index contributed by atoms with van der Waals surface area (Å²) in [6.07, 6.45) is 1.73. The first kappa shape index (κ1) is 16.7. The number of carbonyl (C=O) groups excluding carboxylic acids is 1. The van der Waals surface area contributed by atoms with Crippen molar-refractivity contribution in [3.8, 4) is 17.2 Å². The Hall–Kier alpha value is -3.48. The maximum absolute atomic E-state index is 12.8. The van der Waals surface area contributed by atoms with E-state index in [1.165, 1.54) is 0 Å². The second-order valence-corrected chi connectivity index (χ2v) is 6.79. The van der Waals surface area contributed by atoms with Gasteiger partial charge >= 0.3 is 0 Å². The Balaban J connectivity index is 1.90. The van der Waals surface area contributed by atoms with Crippen molar-refractivity contribution in [2.24, 2.45) is 4.99 Å². The topological polar surface area (TPSA) is 82.3 Å². The number of ether oxygens (including phenoxy) is 3. The van der Waals surface area contributed by atoms with Crippen LogP contribution in [-0.4, -0.2) is 29.6 Å². The van der Waals surface area contributed by atoms with Gasteiger partial charge in [0, 0.05) is 23.9 Å². The average molecular weight is 378 g/mol. The number of ketones is 1. The Bertz CT molecular complexity index is 1200. The van der Waals surface area contributed by atoms with E-state index in [4.69, 9.17) is 19.2 Å². The molecule has 0 amide bonds. The molecule has 0 saturated carbocycles. The van der Waals surface area contributed by atoms with Gasteiger partial charge in [-0.15, -0.1) is 0 Å². The summed E-state index contributed by atoms with van der Waals surface area (Å²) >= 11 is 0. The quantitative estimate of drug-likeness (QED) is 0.692. The molecule has 5 rings (SSSR count). The van der Waals surface area contributed by atoms with Crippen molar-refractivity contribution in [3.05, 3.63) is 53.0 Å². The first-order valence-corrected chi connectivity index (χ1v) is 9.08. The summed E-state index contributed by atoms with van der Waals surface area (Å²) < 4.78 is 17.3. The van der Waals surface area contributed by atoms with E-state index in [2.05, 4.69) is 0 Å². The molecule has 0 radical (unpaired) electrons. The Kier molecular flexibility index (Phi) is 3.75. The highest BCUT2D eigenvalue weighted by Crippen LogP contribution is 2.36. The predicted molar refractivity (Wildman–Crippen MR) is 101 cm³/mol. The summed E-state index contributed by atoms with van der Waals surface area (Å²) in [5.41, 5.74) is 2.22. The molecule has 0 atom stereocenters. The molecule has 1 aliphatic heterocycles. The molecule has 142 valence electrons. The number of hydrogen-bond acceptors (Lipinski definition) is 6. The molecule has 1 aromatic heterocycles. The second-order valence-electron chi connectivity index (χ2n) is 6.79. The fourth-order valence-corrected chi connectivity index (χ4v) is 3.81. The highest BCUT2D eigenvalue weighted by Gasteiger charge is 2.26. The normalized spacial score (nSPS) is 15.8. The highest BCUT2D eigenvalue weighted by atomic mass is 16.7. The van der Waals surface area contributed by atoms with Gasteiger partial charge in [0.2, 0.25) is 6.79 Å². The van der Waals surface area contributed by atoms with Crippen LogP contribution < -0.4 is 19.6 Å². The number of hydrogen-bond donors (Lipinski definition) is 1. The Morgan fingerprint density at radius 2 is 1.96 bits per heavy atom. The van der Waals surface area contributed by atoms with Crippen LogP contribution in [0.2, 0.25) is 0 Å². The molecule has 0 spiro atoms. The SMILES string of the molecule is COc1cccc(N=c2c3c(n(O)c4cc5c(cc24)OCO5)CCCC3=O)c1. The second kappa shape index (κ2) is 6.30. The molecule has 2 aromatic carbocycles. The van der Waals surface area contributed by atoms with Gasteiger partial charge in [-0.3, -0.25) is 4.79 Å². The third kappa shape index (κ3) is 2.51. The largest absolute Gasteiger partial charge is 0.497 e. The number of benzene rings is 2. The zero-order valence-corrected chi connectivity index (χ0v) is 15.3. The van der Waals surface area contributed by atoms with E-state index >= 15 is 0 Å². The fraction of sp³-hybridized carbons (Fsp3) is 0.238. The van der Waals surface area contributed by atoms with Crippen molar-refractivity contribution in [1.29, 1.82) is 0 Å². The van der Waals surface area contributed by atoms with Crippen LogP contribution in [0.15, 0.2) is 41.4 Å². The molecular formula is C21H18N2O5. The zero-order valence-electron chi connectivity index (χ0n) is 15.3. The van der Waals surface area contributed by atoms with Crippen molar-refractivity contribution in [1.82, 2.24) is 4.73 Å². The van der Waals surface area contributed by atoms with Gasteiger partial charge in [-0.1, -0.05) is 6.07 Å². The molecule has 0 saturated heterocycles. The minimum atomic E-state index is -0.0229. The van der Waals surface area contributed by atoms with E-state index in [0.29, 0.717) is 69.7 Å². The monoisotopic (exact) mass is 378 g/mol.